The van der Waals surface area contributed by atoms with Gasteiger partial charge >= 0.3 is 0 Å². The van der Waals surface area contributed by atoms with Crippen LogP contribution in [0.5, 0.6) is 0 Å². The van der Waals surface area contributed by atoms with Crippen LogP contribution in [0, 0.1) is 13.8 Å². The van der Waals surface area contributed by atoms with Gasteiger partial charge in [-0.25, -0.2) is 0 Å². The minimum Gasteiger partial charge on any atom is -0.333 e. The molecule has 0 aliphatic carbocycles. The third-order valence-electron chi connectivity index (χ3n) is 13.4. The molecule has 0 N–H and O–H groups in total. The van der Waals surface area contributed by atoms with E-state index in [2.05, 4.69) is 226 Å². The molecule has 0 amide bonds. The van der Waals surface area contributed by atoms with E-state index in [-0.39, 0.29) is 0 Å². The van der Waals surface area contributed by atoms with Crippen LogP contribution in [0.4, 0.5) is 0 Å². The molecule has 0 bridgehead atoms. The highest BCUT2D eigenvalue weighted by atomic mass is 15.1. The average Bonchev–Trinajstić information content (AvgIpc) is 3.64. The Hall–Kier alpha value is -7.48. The van der Waals surface area contributed by atoms with Crippen molar-refractivity contribution < 1.29 is 0 Å². The number of aryl methyl sites for hydroxylation is 2. The smallest absolute Gasteiger partial charge is 0.0584 e. The van der Waals surface area contributed by atoms with Gasteiger partial charge in [-0.3, -0.25) is 0 Å². The molecule has 0 fully saturated rings. The predicted octanol–water partition coefficient (Wildman–Crippen LogP) is 16.6. The zero-order valence-electron chi connectivity index (χ0n) is 34.6. The van der Waals surface area contributed by atoms with Gasteiger partial charge in [0, 0.05) is 16.3 Å². The summed E-state index contributed by atoms with van der Waals surface area (Å²) in [6.45, 7) is 6.60. The van der Waals surface area contributed by atoms with Gasteiger partial charge in [0.25, 0.3) is 0 Å². The van der Waals surface area contributed by atoms with E-state index < -0.39 is 0 Å². The van der Waals surface area contributed by atoms with Gasteiger partial charge in [-0.15, -0.1) is 0 Å². The summed E-state index contributed by atoms with van der Waals surface area (Å²) in [5.41, 5.74) is 21.5. The Morgan fingerprint density at radius 3 is 1.25 bits per heavy atom. The first kappa shape index (κ1) is 35.5. The highest BCUT2D eigenvalue weighted by molar-refractivity contribution is 6.22. The van der Waals surface area contributed by atoms with Crippen LogP contribution in [0.2, 0.25) is 0 Å². The second-order valence-corrected chi connectivity index (χ2v) is 17.0. The van der Waals surface area contributed by atoms with E-state index in [0.717, 1.165) is 0 Å². The second kappa shape index (κ2) is 13.8. The predicted molar refractivity (Wildman–Crippen MR) is 260 cm³/mol. The van der Waals surface area contributed by atoms with Crippen LogP contribution in [0.25, 0.3) is 110 Å². The molecule has 1 aliphatic rings. The lowest BCUT2D eigenvalue weighted by atomic mass is 9.83. The fourth-order valence-corrected chi connectivity index (χ4v) is 10.1. The fraction of sp³-hybridized carbons (Fsp3) is 0.0667. The van der Waals surface area contributed by atoms with Gasteiger partial charge in [0.1, 0.15) is 0 Å². The van der Waals surface area contributed by atoms with Gasteiger partial charge in [-0.05, 0) is 139 Å². The van der Waals surface area contributed by atoms with Crippen LogP contribution < -0.4 is 0 Å². The lowest BCUT2D eigenvalue weighted by Crippen LogP contribution is -2.16. The van der Waals surface area contributed by atoms with Crippen molar-refractivity contribution in [2.45, 2.75) is 26.8 Å². The van der Waals surface area contributed by atoms with Gasteiger partial charge in [-0.1, -0.05) is 187 Å². The third kappa shape index (κ3) is 5.69. The topological polar surface area (TPSA) is 4.93 Å². The first-order valence-corrected chi connectivity index (χ1v) is 21.5. The maximum atomic E-state index is 2.49. The summed E-state index contributed by atoms with van der Waals surface area (Å²) in [6.07, 6.45) is 0. The van der Waals surface area contributed by atoms with E-state index in [1.165, 1.54) is 127 Å². The Kier molecular flexibility index (Phi) is 8.02. The Morgan fingerprint density at radius 2 is 0.721 bits per heavy atom. The average molecular weight is 778 g/mol. The monoisotopic (exact) mass is 777 g/mol. The lowest BCUT2D eigenvalue weighted by Gasteiger charge is -2.28. The Morgan fingerprint density at radius 1 is 0.311 bits per heavy atom. The molecule has 1 nitrogen and oxygen atoms in total. The summed E-state index contributed by atoms with van der Waals surface area (Å²) < 4.78 is 2.49. The van der Waals surface area contributed by atoms with E-state index in [1.54, 1.807) is 0 Å². The van der Waals surface area contributed by atoms with Crippen molar-refractivity contribution in [2.24, 2.45) is 0 Å². The maximum Gasteiger partial charge on any atom is 0.0584 e. The molecule has 2 heterocycles. The number of rotatable bonds is 6. The highest BCUT2D eigenvalue weighted by Crippen LogP contribution is 2.47. The molecular weight excluding hydrogens is 735 g/mol. The molecule has 12 rings (SSSR count). The maximum absolute atomic E-state index is 2.49. The normalized spacial score (nSPS) is 13.3. The highest BCUT2D eigenvalue weighted by Gasteiger charge is 2.28. The largest absolute Gasteiger partial charge is 0.333 e. The Balaban J connectivity index is 0.986. The SMILES string of the molecule is Cc1ccc(-c2ccc3c(-c4ccc(-c5ccc(-c6ccc7c(c6)c6cccc8c6n7C8C)cc5)cc4)c4cc(-c5ccc(C)cc5)ccc4c(-c4ccccc4)c3c2)cc1. The first-order valence-electron chi connectivity index (χ1n) is 21.5. The molecule has 1 unspecified atom stereocenters. The molecule has 0 saturated heterocycles. The van der Waals surface area contributed by atoms with Crippen LogP contribution in [0.15, 0.2) is 200 Å². The number of benzene rings is 10. The second-order valence-electron chi connectivity index (χ2n) is 17.0. The van der Waals surface area contributed by atoms with Gasteiger partial charge in [0.05, 0.1) is 11.6 Å². The van der Waals surface area contributed by atoms with Crippen molar-refractivity contribution in [1.82, 2.24) is 4.57 Å². The van der Waals surface area contributed by atoms with Crippen molar-refractivity contribution in [3.63, 3.8) is 0 Å². The summed E-state index contributed by atoms with van der Waals surface area (Å²) in [6, 6.07) is 75.4. The van der Waals surface area contributed by atoms with Crippen LogP contribution in [-0.2, 0) is 0 Å². The summed E-state index contributed by atoms with van der Waals surface area (Å²) in [7, 11) is 0. The van der Waals surface area contributed by atoms with Crippen molar-refractivity contribution >= 4 is 43.4 Å². The summed E-state index contributed by atoms with van der Waals surface area (Å²) in [4.78, 5) is 0. The zero-order valence-corrected chi connectivity index (χ0v) is 34.6. The first-order chi connectivity index (χ1) is 30.0. The molecule has 1 aliphatic heterocycles. The van der Waals surface area contributed by atoms with Crippen molar-refractivity contribution in [3.8, 4) is 66.8 Å². The summed E-state index contributed by atoms with van der Waals surface area (Å²) in [5.74, 6) is 0. The van der Waals surface area contributed by atoms with Crippen molar-refractivity contribution in [3.05, 3.63) is 217 Å². The van der Waals surface area contributed by atoms with Gasteiger partial charge in [0.15, 0.2) is 0 Å². The Bertz CT molecular complexity index is 3500. The van der Waals surface area contributed by atoms with E-state index in [9.17, 15) is 0 Å². The third-order valence-corrected chi connectivity index (χ3v) is 13.4. The standard InChI is InChI=1S/C60H43N/c1-37-12-16-42(17-13-37)47-29-32-52-55(35-47)58(45-8-5-4-6-9-45)51-31-28-48(43-18-14-38(2)15-19-43)36-56(51)59(52)46-26-24-41(25-27-46)40-20-22-44(23-21-40)49-30-33-57-54(34-49)53-11-7-10-50-39(3)61(57)60(50)53/h4-36,39H,1-3H3. The van der Waals surface area contributed by atoms with E-state index in [1.807, 2.05) is 0 Å². The van der Waals surface area contributed by atoms with Crippen LogP contribution >= 0.6 is 0 Å². The summed E-state index contributed by atoms with van der Waals surface area (Å²) >= 11 is 0. The van der Waals surface area contributed by atoms with Crippen molar-refractivity contribution in [2.75, 3.05) is 0 Å². The van der Waals surface area contributed by atoms with Gasteiger partial charge in [-0.2, -0.15) is 0 Å². The molecule has 0 radical (unpaired) electrons. The molecule has 1 aromatic heterocycles. The number of aromatic nitrogens is 1. The Labute approximate surface area is 356 Å². The van der Waals surface area contributed by atoms with E-state index in [4.69, 9.17) is 0 Å². The number of nitrogens with zero attached hydrogens (tertiary/aromatic N) is 1. The van der Waals surface area contributed by atoms with Gasteiger partial charge in [0.2, 0.25) is 0 Å². The van der Waals surface area contributed by atoms with E-state index >= 15 is 0 Å². The quantitative estimate of drug-likeness (QED) is 0.148. The molecule has 1 heteroatoms. The van der Waals surface area contributed by atoms with E-state index in [0.29, 0.717) is 6.04 Å². The molecule has 0 saturated carbocycles. The molecule has 1 atom stereocenters. The molecule has 10 aromatic carbocycles. The molecule has 11 aromatic rings. The summed E-state index contributed by atoms with van der Waals surface area (Å²) in [5, 5.41) is 7.72. The lowest BCUT2D eigenvalue weighted by molar-refractivity contribution is 0.634. The fourth-order valence-electron chi connectivity index (χ4n) is 10.1. The number of hydrogen-bond donors (Lipinski definition) is 0. The molecule has 61 heavy (non-hydrogen) atoms. The van der Waals surface area contributed by atoms with Crippen LogP contribution in [0.1, 0.15) is 29.7 Å². The van der Waals surface area contributed by atoms with Crippen LogP contribution in [-0.4, -0.2) is 4.57 Å². The molecule has 288 valence electrons. The number of fused-ring (bicyclic) bond motifs is 5. The molecular formula is C60H43N. The number of para-hydroxylation sites is 1. The molecule has 0 spiro atoms. The van der Waals surface area contributed by atoms with Crippen LogP contribution in [0.3, 0.4) is 0 Å². The van der Waals surface area contributed by atoms with Gasteiger partial charge < -0.3 is 4.57 Å². The number of hydrogen-bond acceptors (Lipinski definition) is 0. The zero-order chi connectivity index (χ0) is 40.8. The minimum absolute atomic E-state index is 0.437. The minimum atomic E-state index is 0.437. The van der Waals surface area contributed by atoms with Crippen molar-refractivity contribution in [1.29, 1.82) is 0 Å².